The third kappa shape index (κ3) is 4.77. The van der Waals surface area contributed by atoms with Gasteiger partial charge in [-0.2, -0.15) is 0 Å². The topological polar surface area (TPSA) is 81.8 Å². The molecule has 2 aliphatic heterocycles. The van der Waals surface area contributed by atoms with Gasteiger partial charge in [0.05, 0.1) is 11.4 Å². The van der Waals surface area contributed by atoms with Crippen LogP contribution in [0.25, 0.3) is 0 Å². The van der Waals surface area contributed by atoms with Crippen molar-refractivity contribution in [1.29, 1.82) is 0 Å². The smallest absolute Gasteiger partial charge is 0.321 e. The number of benzene rings is 2. The molecular formula is C27H24ClFN4O3. The Labute approximate surface area is 212 Å². The van der Waals surface area contributed by atoms with Gasteiger partial charge in [0.15, 0.2) is 0 Å². The number of carbonyl (C=O) groups is 3. The summed E-state index contributed by atoms with van der Waals surface area (Å²) in [6.45, 7) is 0.272. The van der Waals surface area contributed by atoms with E-state index < -0.39 is 23.8 Å². The number of amides is 4. The average molecular weight is 507 g/mol. The Morgan fingerprint density at radius 1 is 1.00 bits per heavy atom. The minimum Gasteiger partial charge on any atom is -0.321 e. The first kappa shape index (κ1) is 23.8. The summed E-state index contributed by atoms with van der Waals surface area (Å²) in [4.78, 5) is 41.5. The zero-order chi connectivity index (χ0) is 25.2. The molecule has 0 saturated carbocycles. The van der Waals surface area contributed by atoms with Crippen LogP contribution in [0.4, 0.5) is 26.2 Å². The molecule has 1 unspecified atom stereocenters. The number of allylic oxidation sites excluding steroid dienone is 3. The quantitative estimate of drug-likeness (QED) is 0.564. The number of hydrogen-bond donors (Lipinski definition) is 2. The lowest BCUT2D eigenvalue weighted by Gasteiger charge is -2.25. The van der Waals surface area contributed by atoms with Gasteiger partial charge in [-0.05, 0) is 66.8 Å². The number of hydrogen-bond acceptors (Lipinski definition) is 3. The average Bonchev–Trinajstić information content (AvgIpc) is 3.27. The SMILES string of the molecule is O=C(Nc1ccc(N2C=CCCC2=O)cc1F)C1C2=CCCC=C2CN1C(=O)Nc1ccc(Cl)cc1. The van der Waals surface area contributed by atoms with E-state index in [1.54, 1.807) is 36.5 Å². The van der Waals surface area contributed by atoms with E-state index in [2.05, 4.69) is 10.6 Å². The molecule has 0 aromatic heterocycles. The van der Waals surface area contributed by atoms with E-state index in [9.17, 15) is 18.8 Å². The first-order valence-electron chi connectivity index (χ1n) is 11.7. The summed E-state index contributed by atoms with van der Waals surface area (Å²) in [6.07, 6.45) is 10.1. The van der Waals surface area contributed by atoms with Crippen LogP contribution in [-0.4, -0.2) is 35.3 Å². The Kier molecular flexibility index (Phi) is 6.61. The molecule has 184 valence electrons. The highest BCUT2D eigenvalue weighted by Gasteiger charge is 2.41. The van der Waals surface area contributed by atoms with Gasteiger partial charge in [-0.1, -0.05) is 29.8 Å². The highest BCUT2D eigenvalue weighted by molar-refractivity contribution is 6.30. The van der Waals surface area contributed by atoms with Crippen molar-refractivity contribution in [1.82, 2.24) is 4.90 Å². The second kappa shape index (κ2) is 9.99. The summed E-state index contributed by atoms with van der Waals surface area (Å²) in [6, 6.07) is 9.55. The predicted molar refractivity (Wildman–Crippen MR) is 137 cm³/mol. The van der Waals surface area contributed by atoms with Gasteiger partial charge in [0.2, 0.25) is 5.91 Å². The zero-order valence-corrected chi connectivity index (χ0v) is 20.1. The Hall–Kier alpha value is -3.91. The van der Waals surface area contributed by atoms with Crippen LogP contribution in [0.1, 0.15) is 25.7 Å². The van der Waals surface area contributed by atoms with E-state index >= 15 is 0 Å². The molecule has 4 amide bonds. The number of likely N-dealkylation sites (tertiary alicyclic amines) is 1. The molecule has 1 aliphatic carbocycles. The highest BCUT2D eigenvalue weighted by Crippen LogP contribution is 2.34. The summed E-state index contributed by atoms with van der Waals surface area (Å²) in [7, 11) is 0. The fourth-order valence-electron chi connectivity index (χ4n) is 4.61. The number of carbonyl (C=O) groups excluding carboxylic acids is 3. The fourth-order valence-corrected chi connectivity index (χ4v) is 4.73. The Morgan fingerprint density at radius 3 is 2.53 bits per heavy atom. The molecular weight excluding hydrogens is 483 g/mol. The molecule has 2 heterocycles. The van der Waals surface area contributed by atoms with Gasteiger partial charge in [0.1, 0.15) is 11.9 Å². The van der Waals surface area contributed by atoms with Crippen molar-refractivity contribution in [3.8, 4) is 0 Å². The van der Waals surface area contributed by atoms with Crippen molar-refractivity contribution in [2.24, 2.45) is 0 Å². The summed E-state index contributed by atoms with van der Waals surface area (Å²) in [5, 5.41) is 5.99. The molecule has 9 heteroatoms. The number of rotatable bonds is 4. The third-order valence-corrected chi connectivity index (χ3v) is 6.63. The van der Waals surface area contributed by atoms with Gasteiger partial charge < -0.3 is 15.5 Å². The van der Waals surface area contributed by atoms with Crippen LogP contribution < -0.4 is 15.5 Å². The highest BCUT2D eigenvalue weighted by atomic mass is 35.5. The molecule has 1 saturated heterocycles. The van der Waals surface area contributed by atoms with Gasteiger partial charge in [0, 0.05) is 35.9 Å². The van der Waals surface area contributed by atoms with Crippen LogP contribution in [0.5, 0.6) is 0 Å². The maximum Gasteiger partial charge on any atom is 0.323 e. The van der Waals surface area contributed by atoms with Crippen LogP contribution in [-0.2, 0) is 9.59 Å². The molecule has 1 atom stereocenters. The van der Waals surface area contributed by atoms with Crippen molar-refractivity contribution in [2.45, 2.75) is 31.7 Å². The van der Waals surface area contributed by atoms with E-state index in [4.69, 9.17) is 11.6 Å². The van der Waals surface area contributed by atoms with Crippen LogP contribution in [0.15, 0.2) is 78.0 Å². The molecule has 2 N–H and O–H groups in total. The number of nitrogens with zero attached hydrogens (tertiary/aromatic N) is 2. The first-order chi connectivity index (χ1) is 17.4. The van der Waals surface area contributed by atoms with Crippen molar-refractivity contribution in [3.05, 3.63) is 88.9 Å². The molecule has 2 aromatic rings. The van der Waals surface area contributed by atoms with E-state index in [0.717, 1.165) is 24.0 Å². The minimum absolute atomic E-state index is 0.0240. The lowest BCUT2D eigenvalue weighted by atomic mass is 9.95. The molecule has 5 rings (SSSR count). The maximum atomic E-state index is 15.0. The molecule has 0 spiro atoms. The Morgan fingerprint density at radius 2 is 1.78 bits per heavy atom. The maximum absolute atomic E-state index is 15.0. The normalized spacial score (nSPS) is 18.9. The Balaban J connectivity index is 1.37. The van der Waals surface area contributed by atoms with Crippen LogP contribution in [0.3, 0.4) is 0 Å². The van der Waals surface area contributed by atoms with E-state index in [0.29, 0.717) is 29.2 Å². The number of nitrogens with one attached hydrogen (secondary N) is 2. The summed E-state index contributed by atoms with van der Waals surface area (Å²) < 4.78 is 15.0. The van der Waals surface area contributed by atoms with Gasteiger partial charge in [0.25, 0.3) is 5.91 Å². The molecule has 1 fully saturated rings. The van der Waals surface area contributed by atoms with Crippen LogP contribution in [0.2, 0.25) is 5.02 Å². The number of halogens is 2. The molecule has 2 aromatic carbocycles. The fraction of sp³-hybridized carbons (Fsp3) is 0.222. The molecule has 7 nitrogen and oxygen atoms in total. The first-order valence-corrected chi connectivity index (χ1v) is 12.1. The zero-order valence-electron chi connectivity index (χ0n) is 19.3. The largest absolute Gasteiger partial charge is 0.323 e. The van der Waals surface area contributed by atoms with Gasteiger partial charge in [-0.3, -0.25) is 14.5 Å². The monoisotopic (exact) mass is 506 g/mol. The van der Waals surface area contributed by atoms with Crippen molar-refractivity contribution >= 4 is 46.5 Å². The van der Waals surface area contributed by atoms with Crippen LogP contribution >= 0.6 is 11.6 Å². The molecule has 0 bridgehead atoms. The number of fused-ring (bicyclic) bond motifs is 1. The second-order valence-electron chi connectivity index (χ2n) is 8.77. The van der Waals surface area contributed by atoms with E-state index in [1.807, 2.05) is 18.2 Å². The summed E-state index contributed by atoms with van der Waals surface area (Å²) in [5.41, 5.74) is 2.58. The molecule has 3 aliphatic rings. The van der Waals surface area contributed by atoms with Gasteiger partial charge in [-0.15, -0.1) is 0 Å². The molecule has 0 radical (unpaired) electrons. The number of urea groups is 1. The number of anilines is 3. The summed E-state index contributed by atoms with van der Waals surface area (Å²) >= 11 is 5.93. The lowest BCUT2D eigenvalue weighted by molar-refractivity contribution is -0.119. The lowest BCUT2D eigenvalue weighted by Crippen LogP contribution is -2.45. The third-order valence-electron chi connectivity index (χ3n) is 6.38. The van der Waals surface area contributed by atoms with Crippen molar-refractivity contribution in [3.63, 3.8) is 0 Å². The Bertz CT molecular complexity index is 1320. The van der Waals surface area contributed by atoms with Crippen molar-refractivity contribution in [2.75, 3.05) is 22.1 Å². The summed E-state index contributed by atoms with van der Waals surface area (Å²) in [5.74, 6) is -1.31. The minimum atomic E-state index is -0.908. The predicted octanol–water partition coefficient (Wildman–Crippen LogP) is 5.62. The van der Waals surface area contributed by atoms with Crippen LogP contribution in [0, 0.1) is 5.82 Å². The molecule has 36 heavy (non-hydrogen) atoms. The van der Waals surface area contributed by atoms with Crippen molar-refractivity contribution < 1.29 is 18.8 Å². The van der Waals surface area contributed by atoms with E-state index in [-0.39, 0.29) is 18.1 Å². The van der Waals surface area contributed by atoms with E-state index in [1.165, 1.54) is 21.9 Å². The van der Waals surface area contributed by atoms with Gasteiger partial charge in [-0.25, -0.2) is 9.18 Å². The van der Waals surface area contributed by atoms with Gasteiger partial charge >= 0.3 is 6.03 Å². The standard InChI is InChI=1S/C27H24ClFN4O3/c28-18-8-10-19(11-9-18)30-27(36)33-16-17-5-1-2-6-21(17)25(33)26(35)31-23-13-12-20(15-22(23)29)32-14-4-3-7-24(32)34/h4-6,8-15,25H,1-3,7,16H2,(H,30,36)(H,31,35). The second-order valence-corrected chi connectivity index (χ2v) is 9.21.